The lowest BCUT2D eigenvalue weighted by Gasteiger charge is -2.17. The van der Waals surface area contributed by atoms with Crippen LogP contribution in [0, 0.1) is 6.92 Å². The molecule has 0 heterocycles. The molecule has 5 heteroatoms. The average molecular weight is 354 g/mol. The number of fused-ring (bicyclic) bond motifs is 1. The summed E-state index contributed by atoms with van der Waals surface area (Å²) in [5.41, 5.74) is 3.03. The fourth-order valence-corrected chi connectivity index (χ4v) is 4.17. The zero-order valence-corrected chi connectivity index (χ0v) is 15.5. The van der Waals surface area contributed by atoms with Crippen molar-refractivity contribution >= 4 is 26.5 Å². The lowest BCUT2D eigenvalue weighted by molar-refractivity contribution is 0.582. The zero-order valence-electron chi connectivity index (χ0n) is 14.7. The molecule has 0 spiro atoms. The molecular formula is C20H22N2O2S. The summed E-state index contributed by atoms with van der Waals surface area (Å²) < 4.78 is 28.5. The third kappa shape index (κ3) is 3.52. The molecule has 0 atom stereocenters. The molecule has 4 nitrogen and oxygen atoms in total. The van der Waals surface area contributed by atoms with Gasteiger partial charge < -0.3 is 4.90 Å². The van der Waals surface area contributed by atoms with Crippen molar-refractivity contribution in [1.29, 1.82) is 0 Å². The van der Waals surface area contributed by atoms with E-state index in [4.69, 9.17) is 0 Å². The lowest BCUT2D eigenvalue weighted by Crippen LogP contribution is -2.24. The fourth-order valence-electron chi connectivity index (χ4n) is 2.95. The zero-order chi connectivity index (χ0) is 18.0. The summed E-state index contributed by atoms with van der Waals surface area (Å²) in [6.45, 7) is 2.25. The Labute approximate surface area is 149 Å². The van der Waals surface area contributed by atoms with Crippen LogP contribution in [0.4, 0.5) is 5.69 Å². The number of anilines is 1. The summed E-state index contributed by atoms with van der Waals surface area (Å²) in [4.78, 5) is 2.29. The molecule has 0 saturated heterocycles. The van der Waals surface area contributed by atoms with E-state index in [1.807, 2.05) is 74.4 Å². The van der Waals surface area contributed by atoms with E-state index in [1.54, 1.807) is 12.1 Å². The van der Waals surface area contributed by atoms with E-state index in [0.717, 1.165) is 27.6 Å². The largest absolute Gasteiger partial charge is 0.377 e. The standard InChI is InChI=1S/C20H22N2O2S/c1-15-8-4-5-9-16(15)14-21-25(23,24)20-13-7-10-17-18(20)11-6-12-19(17)22(2)3/h4-13,21H,14H2,1-3H3. The van der Waals surface area contributed by atoms with Crippen LogP contribution in [-0.2, 0) is 16.6 Å². The second-order valence-electron chi connectivity index (χ2n) is 6.27. The van der Waals surface area contributed by atoms with Crippen molar-refractivity contribution in [2.75, 3.05) is 19.0 Å². The molecule has 0 saturated carbocycles. The van der Waals surface area contributed by atoms with Gasteiger partial charge in [-0.15, -0.1) is 0 Å². The minimum absolute atomic E-state index is 0.277. The van der Waals surface area contributed by atoms with Crippen molar-refractivity contribution in [3.05, 3.63) is 71.8 Å². The van der Waals surface area contributed by atoms with Crippen LogP contribution < -0.4 is 9.62 Å². The van der Waals surface area contributed by atoms with Crippen molar-refractivity contribution in [3.8, 4) is 0 Å². The van der Waals surface area contributed by atoms with Gasteiger partial charge in [0.15, 0.2) is 0 Å². The number of nitrogens with one attached hydrogen (secondary N) is 1. The Morgan fingerprint density at radius 3 is 2.28 bits per heavy atom. The molecule has 130 valence electrons. The highest BCUT2D eigenvalue weighted by Gasteiger charge is 2.18. The molecular weight excluding hydrogens is 332 g/mol. The first-order chi connectivity index (χ1) is 11.9. The first kappa shape index (κ1) is 17.5. The van der Waals surface area contributed by atoms with E-state index < -0.39 is 10.0 Å². The summed E-state index contributed by atoms with van der Waals surface area (Å²) in [6, 6.07) is 18.9. The third-order valence-corrected chi connectivity index (χ3v) is 5.80. The summed E-state index contributed by atoms with van der Waals surface area (Å²) in [6.07, 6.45) is 0. The number of aryl methyl sites for hydroxylation is 1. The first-order valence-electron chi connectivity index (χ1n) is 8.13. The van der Waals surface area contributed by atoms with E-state index >= 15 is 0 Å². The lowest BCUT2D eigenvalue weighted by atomic mass is 10.1. The van der Waals surface area contributed by atoms with Crippen LogP contribution in [0.5, 0.6) is 0 Å². The Kier molecular flexibility index (Phi) is 4.79. The average Bonchev–Trinajstić information content (AvgIpc) is 2.60. The summed E-state index contributed by atoms with van der Waals surface area (Å²) in [5, 5.41) is 1.65. The van der Waals surface area contributed by atoms with Crippen LogP contribution in [0.3, 0.4) is 0 Å². The van der Waals surface area contributed by atoms with Crippen LogP contribution in [-0.4, -0.2) is 22.5 Å². The maximum Gasteiger partial charge on any atom is 0.241 e. The number of nitrogens with zero attached hydrogens (tertiary/aromatic N) is 1. The van der Waals surface area contributed by atoms with E-state index in [9.17, 15) is 8.42 Å². The van der Waals surface area contributed by atoms with Gasteiger partial charge in [0, 0.05) is 37.1 Å². The number of hydrogen-bond acceptors (Lipinski definition) is 3. The Hall–Kier alpha value is -2.37. The molecule has 0 amide bonds. The molecule has 3 aromatic rings. The predicted molar refractivity (Wildman–Crippen MR) is 103 cm³/mol. The second-order valence-corrected chi connectivity index (χ2v) is 8.01. The van der Waals surface area contributed by atoms with Gasteiger partial charge in [-0.05, 0) is 30.2 Å². The Balaban J connectivity index is 2.00. The van der Waals surface area contributed by atoms with Gasteiger partial charge in [-0.3, -0.25) is 0 Å². The van der Waals surface area contributed by atoms with Gasteiger partial charge >= 0.3 is 0 Å². The van der Waals surface area contributed by atoms with Crippen molar-refractivity contribution in [1.82, 2.24) is 4.72 Å². The van der Waals surface area contributed by atoms with Gasteiger partial charge in [0.25, 0.3) is 0 Å². The van der Waals surface area contributed by atoms with Gasteiger partial charge in [0.2, 0.25) is 10.0 Å². The van der Waals surface area contributed by atoms with Crippen molar-refractivity contribution < 1.29 is 8.42 Å². The molecule has 0 bridgehead atoms. The summed E-state index contributed by atoms with van der Waals surface area (Å²) >= 11 is 0. The van der Waals surface area contributed by atoms with Gasteiger partial charge in [0.1, 0.15) is 0 Å². The topological polar surface area (TPSA) is 49.4 Å². The monoisotopic (exact) mass is 354 g/mol. The molecule has 3 rings (SSSR count). The maximum atomic E-state index is 12.9. The Bertz CT molecular complexity index is 1010. The van der Waals surface area contributed by atoms with Gasteiger partial charge in [-0.1, -0.05) is 48.5 Å². The summed E-state index contributed by atoms with van der Waals surface area (Å²) in [7, 11) is 0.289. The molecule has 25 heavy (non-hydrogen) atoms. The van der Waals surface area contributed by atoms with Crippen LogP contribution in [0.15, 0.2) is 65.6 Å². The van der Waals surface area contributed by atoms with Crippen LogP contribution in [0.2, 0.25) is 0 Å². The smallest absolute Gasteiger partial charge is 0.241 e. The van der Waals surface area contributed by atoms with E-state index in [2.05, 4.69) is 4.72 Å². The normalized spacial score (nSPS) is 11.6. The van der Waals surface area contributed by atoms with E-state index in [-0.39, 0.29) is 6.54 Å². The fraction of sp³-hybridized carbons (Fsp3) is 0.200. The second kappa shape index (κ2) is 6.86. The molecule has 0 fully saturated rings. The quantitative estimate of drug-likeness (QED) is 0.760. The molecule has 0 unspecified atom stereocenters. The minimum Gasteiger partial charge on any atom is -0.377 e. The van der Waals surface area contributed by atoms with Crippen molar-refractivity contribution in [3.63, 3.8) is 0 Å². The maximum absolute atomic E-state index is 12.9. The molecule has 0 aliphatic carbocycles. The number of sulfonamides is 1. The molecule has 0 radical (unpaired) electrons. The highest BCUT2D eigenvalue weighted by Crippen LogP contribution is 2.30. The molecule has 0 aliphatic heterocycles. The van der Waals surface area contributed by atoms with Gasteiger partial charge in [-0.2, -0.15) is 0 Å². The van der Waals surface area contributed by atoms with E-state index in [1.165, 1.54) is 0 Å². The van der Waals surface area contributed by atoms with Crippen LogP contribution in [0.1, 0.15) is 11.1 Å². The molecule has 0 aromatic heterocycles. The summed E-state index contributed by atoms with van der Waals surface area (Å²) in [5.74, 6) is 0. The van der Waals surface area contributed by atoms with Crippen molar-refractivity contribution in [2.24, 2.45) is 0 Å². The van der Waals surface area contributed by atoms with Gasteiger partial charge in [0.05, 0.1) is 4.90 Å². The van der Waals surface area contributed by atoms with Crippen molar-refractivity contribution in [2.45, 2.75) is 18.4 Å². The Morgan fingerprint density at radius 1 is 0.880 bits per heavy atom. The minimum atomic E-state index is -3.61. The van der Waals surface area contributed by atoms with Gasteiger partial charge in [-0.25, -0.2) is 13.1 Å². The van der Waals surface area contributed by atoms with Crippen LogP contribution >= 0.6 is 0 Å². The third-order valence-electron chi connectivity index (χ3n) is 4.34. The molecule has 0 aliphatic rings. The molecule has 1 N–H and O–H groups in total. The predicted octanol–water partition coefficient (Wildman–Crippen LogP) is 3.69. The molecule has 3 aromatic carbocycles. The number of rotatable bonds is 5. The van der Waals surface area contributed by atoms with Crippen LogP contribution in [0.25, 0.3) is 10.8 Å². The highest BCUT2D eigenvalue weighted by molar-refractivity contribution is 7.89. The van der Waals surface area contributed by atoms with E-state index in [0.29, 0.717) is 4.90 Å². The SMILES string of the molecule is Cc1ccccc1CNS(=O)(=O)c1cccc2c(N(C)C)cccc12. The first-order valence-corrected chi connectivity index (χ1v) is 9.62. The number of hydrogen-bond donors (Lipinski definition) is 1. The highest BCUT2D eigenvalue weighted by atomic mass is 32.2. The Morgan fingerprint density at radius 2 is 1.56 bits per heavy atom. The number of benzene rings is 3.